The van der Waals surface area contributed by atoms with Crippen LogP contribution < -0.4 is 9.47 Å². The maximum atomic E-state index is 12.6. The van der Waals surface area contributed by atoms with Crippen molar-refractivity contribution in [3.05, 3.63) is 83.0 Å². The second kappa shape index (κ2) is 12.4. The van der Waals surface area contributed by atoms with E-state index in [1.807, 2.05) is 62.9 Å². The lowest BCUT2D eigenvalue weighted by Gasteiger charge is -2.38. The first-order valence-corrected chi connectivity index (χ1v) is 14.4. The monoisotopic (exact) mass is 573 g/mol. The van der Waals surface area contributed by atoms with E-state index in [1.165, 1.54) is 0 Å². The Morgan fingerprint density at radius 3 is 2.48 bits per heavy atom. The number of carbonyl (C=O) groups is 2. The molecule has 222 valence electrons. The standard InChI is InChI=1S/C33H39N3O6/c1-22-24(10-13-30(34-22)42-26-11-12-29(40-21-31(37)38)27(18-26)33(2,3)4)19-35-16-14-25(15-17-35)36-28(20-41-32(36)39)23-8-6-5-7-9-23/h5-13,18,25,28H,14-17,19-21H2,1-4H3,(H,37,38)/t28-/m0/s1. The predicted molar refractivity (Wildman–Crippen MR) is 158 cm³/mol. The topological polar surface area (TPSA) is 101 Å². The molecular weight excluding hydrogens is 534 g/mol. The van der Waals surface area contributed by atoms with Crippen molar-refractivity contribution in [2.24, 2.45) is 0 Å². The van der Waals surface area contributed by atoms with E-state index in [9.17, 15) is 9.59 Å². The number of piperidine rings is 1. The molecule has 2 saturated heterocycles. The van der Waals surface area contributed by atoms with Crippen LogP contribution in [0.3, 0.4) is 0 Å². The van der Waals surface area contributed by atoms with E-state index in [2.05, 4.69) is 23.1 Å². The fraction of sp³-hybridized carbons (Fsp3) is 0.424. The average Bonchev–Trinajstić information content (AvgIpc) is 3.35. The second-order valence-electron chi connectivity index (χ2n) is 12.0. The summed E-state index contributed by atoms with van der Waals surface area (Å²) in [7, 11) is 0. The molecule has 5 rings (SSSR count). The first kappa shape index (κ1) is 29.4. The molecule has 1 aromatic heterocycles. The normalized spacial score (nSPS) is 18.1. The number of aliphatic carboxylic acids is 1. The van der Waals surface area contributed by atoms with Gasteiger partial charge in [-0.2, -0.15) is 0 Å². The van der Waals surface area contributed by atoms with Crippen molar-refractivity contribution in [2.75, 3.05) is 26.3 Å². The summed E-state index contributed by atoms with van der Waals surface area (Å²) < 4.78 is 17.1. The van der Waals surface area contributed by atoms with Gasteiger partial charge in [0.15, 0.2) is 6.61 Å². The quantitative estimate of drug-likeness (QED) is 0.328. The molecule has 0 saturated carbocycles. The SMILES string of the molecule is Cc1nc(Oc2ccc(OCC(=O)O)c(C(C)(C)C)c2)ccc1CN1CCC(N2C(=O)OC[C@H]2c2ccccc2)CC1. The van der Waals surface area contributed by atoms with Crippen LogP contribution in [0.5, 0.6) is 17.4 Å². The molecule has 3 aromatic rings. The molecule has 3 heterocycles. The van der Waals surface area contributed by atoms with E-state index in [4.69, 9.17) is 24.3 Å². The predicted octanol–water partition coefficient (Wildman–Crippen LogP) is 6.10. The number of carboxylic acid groups (broad SMARTS) is 1. The minimum absolute atomic E-state index is 0.0258. The van der Waals surface area contributed by atoms with Gasteiger partial charge in [-0.05, 0) is 54.5 Å². The molecule has 2 aliphatic heterocycles. The Morgan fingerprint density at radius 2 is 1.81 bits per heavy atom. The molecule has 0 spiro atoms. The summed E-state index contributed by atoms with van der Waals surface area (Å²) in [5.41, 5.74) is 3.74. The van der Waals surface area contributed by atoms with Crippen LogP contribution in [0.1, 0.15) is 62.0 Å². The number of nitrogens with zero attached hydrogens (tertiary/aromatic N) is 3. The van der Waals surface area contributed by atoms with Gasteiger partial charge in [0.25, 0.3) is 0 Å². The molecular formula is C33H39N3O6. The molecule has 0 bridgehead atoms. The van der Waals surface area contributed by atoms with E-state index in [1.54, 1.807) is 12.1 Å². The second-order valence-corrected chi connectivity index (χ2v) is 12.0. The third-order valence-corrected chi connectivity index (χ3v) is 7.94. The van der Waals surface area contributed by atoms with Crippen LogP contribution >= 0.6 is 0 Å². The van der Waals surface area contributed by atoms with Crippen LogP contribution in [0.25, 0.3) is 0 Å². The number of carbonyl (C=O) groups excluding carboxylic acids is 1. The smallest absolute Gasteiger partial charge is 0.410 e. The number of aromatic nitrogens is 1. The number of aryl methyl sites for hydroxylation is 1. The Hall–Kier alpha value is -4.11. The summed E-state index contributed by atoms with van der Waals surface area (Å²) >= 11 is 0. The highest BCUT2D eigenvalue weighted by molar-refractivity contribution is 5.71. The third-order valence-electron chi connectivity index (χ3n) is 7.94. The number of hydrogen-bond acceptors (Lipinski definition) is 7. The van der Waals surface area contributed by atoms with Crippen LogP contribution in [0.4, 0.5) is 4.79 Å². The number of pyridine rings is 1. The van der Waals surface area contributed by atoms with Gasteiger partial charge in [0.2, 0.25) is 5.88 Å². The summed E-state index contributed by atoms with van der Waals surface area (Å²) in [4.78, 5) is 32.7. The molecule has 2 aromatic carbocycles. The molecule has 1 amide bonds. The Labute approximate surface area is 247 Å². The summed E-state index contributed by atoms with van der Waals surface area (Å²) in [5.74, 6) is 0.608. The van der Waals surface area contributed by atoms with Crippen molar-refractivity contribution >= 4 is 12.1 Å². The molecule has 0 radical (unpaired) electrons. The average molecular weight is 574 g/mol. The molecule has 1 atom stereocenters. The van der Waals surface area contributed by atoms with Crippen molar-refractivity contribution < 1.29 is 28.9 Å². The highest BCUT2D eigenvalue weighted by Gasteiger charge is 2.40. The van der Waals surface area contributed by atoms with Crippen molar-refractivity contribution in [3.63, 3.8) is 0 Å². The lowest BCUT2D eigenvalue weighted by atomic mass is 9.86. The first-order chi connectivity index (χ1) is 20.1. The molecule has 0 aliphatic carbocycles. The highest BCUT2D eigenvalue weighted by Crippen LogP contribution is 2.36. The maximum absolute atomic E-state index is 12.6. The number of benzene rings is 2. The largest absolute Gasteiger partial charge is 0.482 e. The fourth-order valence-corrected chi connectivity index (χ4v) is 5.70. The summed E-state index contributed by atoms with van der Waals surface area (Å²) in [6, 6.07) is 19.6. The van der Waals surface area contributed by atoms with Gasteiger partial charge < -0.3 is 19.3 Å². The molecule has 1 N–H and O–H groups in total. The highest BCUT2D eigenvalue weighted by atomic mass is 16.6. The van der Waals surface area contributed by atoms with E-state index >= 15 is 0 Å². The number of ether oxygens (including phenoxy) is 3. The summed E-state index contributed by atoms with van der Waals surface area (Å²) in [6.07, 6.45) is 1.58. The fourth-order valence-electron chi connectivity index (χ4n) is 5.70. The van der Waals surface area contributed by atoms with Crippen molar-refractivity contribution in [1.82, 2.24) is 14.8 Å². The van der Waals surface area contributed by atoms with E-state index in [0.29, 0.717) is 24.0 Å². The minimum Gasteiger partial charge on any atom is -0.482 e. The van der Waals surface area contributed by atoms with Gasteiger partial charge in [-0.3, -0.25) is 9.80 Å². The molecule has 2 fully saturated rings. The van der Waals surface area contributed by atoms with Crippen LogP contribution in [0.15, 0.2) is 60.7 Å². The molecule has 2 aliphatic rings. The van der Waals surface area contributed by atoms with Crippen LogP contribution in [-0.4, -0.2) is 64.3 Å². The number of likely N-dealkylation sites (tertiary alicyclic amines) is 1. The van der Waals surface area contributed by atoms with Gasteiger partial charge >= 0.3 is 12.1 Å². The molecule has 9 nitrogen and oxygen atoms in total. The van der Waals surface area contributed by atoms with E-state index in [-0.39, 0.29) is 23.6 Å². The Bertz CT molecular complexity index is 1410. The third kappa shape index (κ3) is 6.85. The number of hydrogen-bond donors (Lipinski definition) is 1. The zero-order chi connectivity index (χ0) is 29.9. The lowest BCUT2D eigenvalue weighted by Crippen LogP contribution is -2.46. The van der Waals surface area contributed by atoms with Gasteiger partial charge in [0, 0.05) is 43.0 Å². The first-order valence-electron chi connectivity index (χ1n) is 14.4. The summed E-state index contributed by atoms with van der Waals surface area (Å²) in [5, 5.41) is 9.00. The Morgan fingerprint density at radius 1 is 1.07 bits per heavy atom. The molecule has 9 heteroatoms. The maximum Gasteiger partial charge on any atom is 0.410 e. The molecule has 0 unspecified atom stereocenters. The number of cyclic esters (lactones) is 1. The van der Waals surface area contributed by atoms with Gasteiger partial charge in [0.05, 0.1) is 6.04 Å². The van der Waals surface area contributed by atoms with Crippen LogP contribution in [0.2, 0.25) is 0 Å². The van der Waals surface area contributed by atoms with E-state index < -0.39 is 12.6 Å². The minimum atomic E-state index is -1.02. The van der Waals surface area contributed by atoms with Gasteiger partial charge in [-0.15, -0.1) is 0 Å². The van der Waals surface area contributed by atoms with Gasteiger partial charge in [-0.1, -0.05) is 57.2 Å². The van der Waals surface area contributed by atoms with Gasteiger partial charge in [0.1, 0.15) is 18.1 Å². The Balaban J connectivity index is 1.20. The Kier molecular flexibility index (Phi) is 8.68. The van der Waals surface area contributed by atoms with Crippen molar-refractivity contribution in [1.29, 1.82) is 0 Å². The number of amides is 1. The van der Waals surface area contributed by atoms with Gasteiger partial charge in [-0.25, -0.2) is 14.6 Å². The number of rotatable bonds is 9. The van der Waals surface area contributed by atoms with Crippen molar-refractivity contribution in [3.8, 4) is 17.4 Å². The zero-order valence-corrected chi connectivity index (χ0v) is 24.7. The summed E-state index contributed by atoms with van der Waals surface area (Å²) in [6.45, 7) is 10.7. The number of carboxylic acids is 1. The van der Waals surface area contributed by atoms with Crippen molar-refractivity contribution in [2.45, 2.75) is 64.6 Å². The van der Waals surface area contributed by atoms with Crippen LogP contribution in [-0.2, 0) is 21.5 Å². The lowest BCUT2D eigenvalue weighted by molar-refractivity contribution is -0.139. The van der Waals surface area contributed by atoms with E-state index in [0.717, 1.165) is 54.9 Å². The zero-order valence-electron chi connectivity index (χ0n) is 24.7. The molecule has 42 heavy (non-hydrogen) atoms. The van der Waals surface area contributed by atoms with Crippen LogP contribution in [0, 0.1) is 6.92 Å².